The lowest BCUT2D eigenvalue weighted by molar-refractivity contribution is 0.0367. The Morgan fingerprint density at radius 1 is 0.351 bits per heavy atom. The summed E-state index contributed by atoms with van der Waals surface area (Å²) in [7, 11) is 0. The molecule has 0 bridgehead atoms. The van der Waals surface area contributed by atoms with E-state index < -0.39 is 0 Å². The molecule has 0 aromatic heterocycles. The maximum absolute atomic E-state index is 5.79. The molecule has 3 aromatic carbocycles. The zero-order valence-electron chi connectivity index (χ0n) is 21.5. The van der Waals surface area contributed by atoms with E-state index in [4.69, 9.17) is 28.4 Å². The average molecular weight is 510 g/mol. The second-order valence-electron chi connectivity index (χ2n) is 8.16. The van der Waals surface area contributed by atoms with E-state index in [-0.39, 0.29) is 0 Å². The zero-order valence-corrected chi connectivity index (χ0v) is 21.5. The van der Waals surface area contributed by atoms with E-state index in [2.05, 4.69) is 4.90 Å². The molecular weight excluding hydrogens is 470 g/mol. The van der Waals surface area contributed by atoms with E-state index in [0.29, 0.717) is 59.5 Å². The minimum absolute atomic E-state index is 0.527. The topological polar surface area (TPSA) is 58.6 Å². The molecule has 0 saturated carbocycles. The Bertz CT molecular complexity index is 791. The summed E-state index contributed by atoms with van der Waals surface area (Å²) in [5, 5.41) is 0. The van der Waals surface area contributed by atoms with Crippen molar-refractivity contribution in [3.05, 3.63) is 91.0 Å². The first-order valence-corrected chi connectivity index (χ1v) is 12.9. The molecule has 7 nitrogen and oxygen atoms in total. The SMILES string of the molecule is c1ccc(OCCOCCN(CCOCCOc2ccccc2)CCOCCOc2ccccc2)cc1. The summed E-state index contributed by atoms with van der Waals surface area (Å²) in [6, 6.07) is 29.3. The van der Waals surface area contributed by atoms with Crippen LogP contribution in [0.2, 0.25) is 0 Å². The van der Waals surface area contributed by atoms with Crippen molar-refractivity contribution in [3.63, 3.8) is 0 Å². The summed E-state index contributed by atoms with van der Waals surface area (Å²) in [4.78, 5) is 2.29. The fourth-order valence-electron chi connectivity index (χ4n) is 3.43. The van der Waals surface area contributed by atoms with Crippen LogP contribution in [0, 0.1) is 0 Å². The molecule has 0 heterocycles. The van der Waals surface area contributed by atoms with Gasteiger partial charge in [0.2, 0.25) is 0 Å². The molecule has 37 heavy (non-hydrogen) atoms. The minimum Gasteiger partial charge on any atom is -0.491 e. The Labute approximate surface area is 220 Å². The highest BCUT2D eigenvalue weighted by atomic mass is 16.5. The molecule has 0 aliphatic carbocycles. The van der Waals surface area contributed by atoms with Crippen molar-refractivity contribution >= 4 is 0 Å². The monoisotopic (exact) mass is 509 g/mol. The molecule has 0 amide bonds. The Morgan fingerprint density at radius 3 is 0.946 bits per heavy atom. The minimum atomic E-state index is 0.527. The fourth-order valence-corrected chi connectivity index (χ4v) is 3.43. The number of hydrogen-bond acceptors (Lipinski definition) is 7. The highest BCUT2D eigenvalue weighted by Crippen LogP contribution is 2.09. The Morgan fingerprint density at radius 2 is 0.649 bits per heavy atom. The van der Waals surface area contributed by atoms with Gasteiger partial charge in [0.15, 0.2) is 0 Å². The molecule has 0 saturated heterocycles. The summed E-state index contributed by atoms with van der Waals surface area (Å²) in [6.07, 6.45) is 0. The highest BCUT2D eigenvalue weighted by molar-refractivity contribution is 5.22. The number of ether oxygens (including phenoxy) is 6. The maximum Gasteiger partial charge on any atom is 0.119 e. The Balaban J connectivity index is 1.26. The van der Waals surface area contributed by atoms with Gasteiger partial charge < -0.3 is 28.4 Å². The van der Waals surface area contributed by atoms with Gasteiger partial charge in [-0.2, -0.15) is 0 Å². The van der Waals surface area contributed by atoms with E-state index in [9.17, 15) is 0 Å². The molecule has 3 rings (SSSR count). The van der Waals surface area contributed by atoms with Crippen LogP contribution in [-0.4, -0.2) is 84.0 Å². The normalized spacial score (nSPS) is 10.9. The van der Waals surface area contributed by atoms with Crippen molar-refractivity contribution in [1.82, 2.24) is 4.90 Å². The molecular formula is C30H39NO6. The summed E-state index contributed by atoms with van der Waals surface area (Å²) < 4.78 is 34.4. The van der Waals surface area contributed by atoms with E-state index in [1.54, 1.807) is 0 Å². The van der Waals surface area contributed by atoms with Crippen LogP contribution in [0.1, 0.15) is 0 Å². The second kappa shape index (κ2) is 19.1. The van der Waals surface area contributed by atoms with Crippen LogP contribution in [-0.2, 0) is 14.2 Å². The van der Waals surface area contributed by atoms with Crippen molar-refractivity contribution in [3.8, 4) is 17.2 Å². The average Bonchev–Trinajstić information content (AvgIpc) is 2.95. The van der Waals surface area contributed by atoms with Gasteiger partial charge in [0.05, 0.1) is 39.6 Å². The summed E-state index contributed by atoms with van der Waals surface area (Å²) >= 11 is 0. The summed E-state index contributed by atoms with van der Waals surface area (Å²) in [5.41, 5.74) is 0. The molecule has 3 aromatic rings. The van der Waals surface area contributed by atoms with Gasteiger partial charge >= 0.3 is 0 Å². The molecule has 0 spiro atoms. The molecule has 0 fully saturated rings. The lowest BCUT2D eigenvalue weighted by atomic mass is 10.3. The van der Waals surface area contributed by atoms with Gasteiger partial charge in [-0.05, 0) is 36.4 Å². The summed E-state index contributed by atoms with van der Waals surface area (Å²) in [5.74, 6) is 2.57. The molecule has 0 N–H and O–H groups in total. The van der Waals surface area contributed by atoms with Gasteiger partial charge in [0.25, 0.3) is 0 Å². The first-order chi connectivity index (χ1) is 18.4. The Hall–Kier alpha value is -3.10. The van der Waals surface area contributed by atoms with Crippen LogP contribution >= 0.6 is 0 Å². The van der Waals surface area contributed by atoms with Gasteiger partial charge in [-0.15, -0.1) is 0 Å². The van der Waals surface area contributed by atoms with Gasteiger partial charge in [0, 0.05) is 19.6 Å². The number of benzene rings is 3. The third kappa shape index (κ3) is 13.7. The van der Waals surface area contributed by atoms with Crippen LogP contribution < -0.4 is 14.2 Å². The quantitative estimate of drug-likeness (QED) is 0.195. The van der Waals surface area contributed by atoms with E-state index in [0.717, 1.165) is 36.9 Å². The molecule has 7 heteroatoms. The van der Waals surface area contributed by atoms with E-state index in [1.807, 2.05) is 91.0 Å². The van der Waals surface area contributed by atoms with Crippen molar-refractivity contribution < 1.29 is 28.4 Å². The first kappa shape index (κ1) is 28.5. The van der Waals surface area contributed by atoms with Crippen molar-refractivity contribution in [2.24, 2.45) is 0 Å². The van der Waals surface area contributed by atoms with Gasteiger partial charge in [-0.1, -0.05) is 54.6 Å². The largest absolute Gasteiger partial charge is 0.491 e. The van der Waals surface area contributed by atoms with Crippen molar-refractivity contribution in [1.29, 1.82) is 0 Å². The number of rotatable bonds is 21. The lowest BCUT2D eigenvalue weighted by Gasteiger charge is -2.22. The van der Waals surface area contributed by atoms with Crippen molar-refractivity contribution in [2.45, 2.75) is 0 Å². The second-order valence-corrected chi connectivity index (χ2v) is 8.16. The van der Waals surface area contributed by atoms with Gasteiger partial charge in [-0.3, -0.25) is 4.90 Å². The van der Waals surface area contributed by atoms with Gasteiger partial charge in [-0.25, -0.2) is 0 Å². The van der Waals surface area contributed by atoms with Crippen LogP contribution in [0.3, 0.4) is 0 Å². The molecule has 0 aliphatic heterocycles. The molecule has 0 radical (unpaired) electrons. The lowest BCUT2D eigenvalue weighted by Crippen LogP contribution is -2.34. The molecule has 0 aliphatic rings. The van der Waals surface area contributed by atoms with Crippen LogP contribution in [0.4, 0.5) is 0 Å². The number of nitrogens with zero attached hydrogens (tertiary/aromatic N) is 1. The standard InChI is InChI=1S/C30H39NO6/c1-4-10-28(11-5-1)35-25-22-32-19-16-31(17-20-33-23-26-36-29-12-6-2-7-13-29)18-21-34-24-27-37-30-14-8-3-9-15-30/h1-15H,16-27H2. The predicted molar refractivity (Wildman–Crippen MR) is 145 cm³/mol. The molecule has 200 valence electrons. The van der Waals surface area contributed by atoms with Crippen LogP contribution in [0.25, 0.3) is 0 Å². The predicted octanol–water partition coefficient (Wildman–Crippen LogP) is 4.58. The maximum atomic E-state index is 5.79. The third-order valence-electron chi connectivity index (χ3n) is 5.37. The number of para-hydroxylation sites is 3. The van der Waals surface area contributed by atoms with Crippen LogP contribution in [0.15, 0.2) is 91.0 Å². The van der Waals surface area contributed by atoms with Crippen LogP contribution in [0.5, 0.6) is 17.2 Å². The summed E-state index contributed by atoms with van der Waals surface area (Å²) in [6.45, 7) is 7.44. The van der Waals surface area contributed by atoms with E-state index in [1.165, 1.54) is 0 Å². The van der Waals surface area contributed by atoms with Crippen molar-refractivity contribution in [2.75, 3.05) is 79.1 Å². The van der Waals surface area contributed by atoms with E-state index >= 15 is 0 Å². The molecule has 0 atom stereocenters. The first-order valence-electron chi connectivity index (χ1n) is 12.9. The Kier molecular flexibility index (Phi) is 14.7. The highest BCUT2D eigenvalue weighted by Gasteiger charge is 2.06. The molecule has 0 unspecified atom stereocenters. The van der Waals surface area contributed by atoms with Gasteiger partial charge in [0.1, 0.15) is 37.1 Å². The zero-order chi connectivity index (χ0) is 25.6. The third-order valence-corrected chi connectivity index (χ3v) is 5.37. The number of hydrogen-bond donors (Lipinski definition) is 0. The fraction of sp³-hybridized carbons (Fsp3) is 0.400. The smallest absolute Gasteiger partial charge is 0.119 e.